The lowest BCUT2D eigenvalue weighted by atomic mass is 9.97. The number of hydrogen-bond donors (Lipinski definition) is 1. The molecule has 106 valence electrons. The van der Waals surface area contributed by atoms with Crippen LogP contribution in [0.25, 0.3) is 11.1 Å². The highest BCUT2D eigenvalue weighted by atomic mass is 15.3. The molecule has 1 aliphatic rings. The maximum absolute atomic E-state index is 4.47. The number of benzene rings is 1. The molecule has 0 bridgehead atoms. The number of hydrogen-bond acceptors (Lipinski definition) is 2. The summed E-state index contributed by atoms with van der Waals surface area (Å²) < 4.78 is 2.02. The van der Waals surface area contributed by atoms with Crippen molar-refractivity contribution in [2.75, 3.05) is 6.54 Å². The van der Waals surface area contributed by atoms with Gasteiger partial charge in [-0.05, 0) is 36.4 Å². The molecule has 0 radical (unpaired) electrons. The molecule has 3 heteroatoms. The standard InChI is InChI=1S/C17H23N3/c1-12(2)13-6-8-14(9-7-13)15-11-19-20(3)17(15)16-5-4-10-18-16/h6-9,11-12,16,18H,4-5,10H2,1-3H3. The van der Waals surface area contributed by atoms with Crippen LogP contribution in [0.5, 0.6) is 0 Å². The smallest absolute Gasteiger partial charge is 0.0628 e. The second-order valence-electron chi connectivity index (χ2n) is 5.99. The van der Waals surface area contributed by atoms with Gasteiger partial charge < -0.3 is 5.32 Å². The minimum absolute atomic E-state index is 0.447. The number of aryl methyl sites for hydroxylation is 1. The van der Waals surface area contributed by atoms with Gasteiger partial charge in [0.25, 0.3) is 0 Å². The fourth-order valence-electron chi connectivity index (χ4n) is 3.05. The van der Waals surface area contributed by atoms with Crippen LogP contribution in [0.2, 0.25) is 0 Å². The molecule has 0 amide bonds. The van der Waals surface area contributed by atoms with Gasteiger partial charge in [0.05, 0.1) is 11.9 Å². The van der Waals surface area contributed by atoms with Crippen molar-refractivity contribution in [1.29, 1.82) is 0 Å². The van der Waals surface area contributed by atoms with Crippen molar-refractivity contribution in [2.24, 2.45) is 7.05 Å². The van der Waals surface area contributed by atoms with Crippen LogP contribution in [0.15, 0.2) is 30.5 Å². The third-order valence-electron chi connectivity index (χ3n) is 4.26. The summed E-state index contributed by atoms with van der Waals surface area (Å²) in [6.07, 6.45) is 4.46. The lowest BCUT2D eigenvalue weighted by molar-refractivity contribution is 0.575. The van der Waals surface area contributed by atoms with Gasteiger partial charge in [-0.2, -0.15) is 5.10 Å². The minimum atomic E-state index is 0.447. The molecular weight excluding hydrogens is 246 g/mol. The van der Waals surface area contributed by atoms with Crippen LogP contribution in [0.1, 0.15) is 49.9 Å². The molecule has 0 saturated carbocycles. The highest BCUT2D eigenvalue weighted by Crippen LogP contribution is 2.32. The number of nitrogens with zero attached hydrogens (tertiary/aromatic N) is 2. The van der Waals surface area contributed by atoms with Crippen molar-refractivity contribution < 1.29 is 0 Å². The molecule has 0 aliphatic carbocycles. The molecule has 0 spiro atoms. The van der Waals surface area contributed by atoms with Crippen molar-refractivity contribution in [2.45, 2.75) is 38.6 Å². The van der Waals surface area contributed by atoms with Crippen LogP contribution in [-0.4, -0.2) is 16.3 Å². The first kappa shape index (κ1) is 13.4. The van der Waals surface area contributed by atoms with E-state index in [4.69, 9.17) is 0 Å². The first-order valence-electron chi connectivity index (χ1n) is 7.52. The average Bonchev–Trinajstić information content (AvgIpc) is 3.07. The zero-order valence-corrected chi connectivity index (χ0v) is 12.6. The molecule has 3 rings (SSSR count). The highest BCUT2D eigenvalue weighted by molar-refractivity contribution is 5.66. The van der Waals surface area contributed by atoms with Crippen molar-refractivity contribution in [1.82, 2.24) is 15.1 Å². The van der Waals surface area contributed by atoms with Crippen molar-refractivity contribution in [3.05, 3.63) is 41.7 Å². The summed E-state index contributed by atoms with van der Waals surface area (Å²) in [5.41, 5.74) is 5.24. The lowest BCUT2D eigenvalue weighted by Gasteiger charge is -2.14. The van der Waals surface area contributed by atoms with Crippen LogP contribution in [0.4, 0.5) is 0 Å². The van der Waals surface area contributed by atoms with E-state index in [9.17, 15) is 0 Å². The fraction of sp³-hybridized carbons (Fsp3) is 0.471. The quantitative estimate of drug-likeness (QED) is 0.922. The van der Waals surface area contributed by atoms with Gasteiger partial charge in [-0.3, -0.25) is 4.68 Å². The van der Waals surface area contributed by atoms with E-state index in [-0.39, 0.29) is 0 Å². The minimum Gasteiger partial charge on any atom is -0.309 e. The van der Waals surface area contributed by atoms with Crippen LogP contribution < -0.4 is 5.32 Å². The second kappa shape index (κ2) is 5.41. The molecule has 20 heavy (non-hydrogen) atoms. The van der Waals surface area contributed by atoms with Gasteiger partial charge in [0.1, 0.15) is 0 Å². The molecule has 1 aromatic heterocycles. The van der Waals surface area contributed by atoms with E-state index in [0.717, 1.165) is 6.54 Å². The third-order valence-corrected chi connectivity index (χ3v) is 4.26. The average molecular weight is 269 g/mol. The van der Waals surface area contributed by atoms with Crippen molar-refractivity contribution in [3.63, 3.8) is 0 Å². The molecule has 1 fully saturated rings. The summed E-state index contributed by atoms with van der Waals surface area (Å²) >= 11 is 0. The highest BCUT2D eigenvalue weighted by Gasteiger charge is 2.23. The van der Waals surface area contributed by atoms with Gasteiger partial charge in [-0.15, -0.1) is 0 Å². The van der Waals surface area contributed by atoms with Crippen LogP contribution in [0, 0.1) is 0 Å². The molecular formula is C17H23N3. The number of aromatic nitrogens is 2. The van der Waals surface area contributed by atoms with E-state index in [1.165, 1.54) is 35.2 Å². The predicted octanol–water partition coefficient (Wildman–Crippen LogP) is 3.64. The molecule has 1 N–H and O–H groups in total. The Hall–Kier alpha value is -1.61. The largest absolute Gasteiger partial charge is 0.309 e. The molecule has 1 aliphatic heterocycles. The molecule has 2 heterocycles. The summed E-state index contributed by atoms with van der Waals surface area (Å²) in [4.78, 5) is 0. The Balaban J connectivity index is 1.97. The van der Waals surface area contributed by atoms with Gasteiger partial charge in [-0.25, -0.2) is 0 Å². The zero-order chi connectivity index (χ0) is 14.1. The monoisotopic (exact) mass is 269 g/mol. The summed E-state index contributed by atoms with van der Waals surface area (Å²) in [5.74, 6) is 0.578. The maximum Gasteiger partial charge on any atom is 0.0628 e. The molecule has 1 atom stereocenters. The SMILES string of the molecule is CC(C)c1ccc(-c2cnn(C)c2C2CCCN2)cc1. The lowest BCUT2D eigenvalue weighted by Crippen LogP contribution is -2.17. The van der Waals surface area contributed by atoms with E-state index in [0.29, 0.717) is 12.0 Å². The Morgan fingerprint density at radius 1 is 1.25 bits per heavy atom. The topological polar surface area (TPSA) is 29.9 Å². The van der Waals surface area contributed by atoms with Crippen molar-refractivity contribution >= 4 is 0 Å². The summed E-state index contributed by atoms with van der Waals surface area (Å²) in [7, 11) is 2.04. The van der Waals surface area contributed by atoms with Gasteiger partial charge in [-0.1, -0.05) is 38.1 Å². The Bertz CT molecular complexity index is 575. The number of rotatable bonds is 3. The Kier molecular flexibility index (Phi) is 3.62. The zero-order valence-electron chi connectivity index (χ0n) is 12.6. The molecule has 1 saturated heterocycles. The molecule has 2 aromatic rings. The predicted molar refractivity (Wildman–Crippen MR) is 82.7 cm³/mol. The Labute approximate surface area is 121 Å². The third kappa shape index (κ3) is 2.38. The van der Waals surface area contributed by atoms with Crippen molar-refractivity contribution in [3.8, 4) is 11.1 Å². The summed E-state index contributed by atoms with van der Waals surface area (Å²) in [6.45, 7) is 5.57. The van der Waals surface area contributed by atoms with Gasteiger partial charge in [0.15, 0.2) is 0 Å². The van der Waals surface area contributed by atoms with E-state index >= 15 is 0 Å². The molecule has 1 unspecified atom stereocenters. The van der Waals surface area contributed by atoms with E-state index in [1.807, 2.05) is 17.9 Å². The van der Waals surface area contributed by atoms with E-state index in [2.05, 4.69) is 48.5 Å². The van der Waals surface area contributed by atoms with Gasteiger partial charge >= 0.3 is 0 Å². The molecule has 1 aromatic carbocycles. The maximum atomic E-state index is 4.47. The van der Waals surface area contributed by atoms with Gasteiger partial charge in [0, 0.05) is 18.7 Å². The van der Waals surface area contributed by atoms with E-state index < -0.39 is 0 Å². The van der Waals surface area contributed by atoms with Gasteiger partial charge in [0.2, 0.25) is 0 Å². The first-order chi connectivity index (χ1) is 9.66. The first-order valence-corrected chi connectivity index (χ1v) is 7.52. The summed E-state index contributed by atoms with van der Waals surface area (Å²) in [5, 5.41) is 8.05. The molecule has 3 nitrogen and oxygen atoms in total. The number of nitrogens with one attached hydrogen (secondary N) is 1. The van der Waals surface area contributed by atoms with Crippen LogP contribution in [0.3, 0.4) is 0 Å². The van der Waals surface area contributed by atoms with Crippen LogP contribution in [-0.2, 0) is 7.05 Å². The van der Waals surface area contributed by atoms with E-state index in [1.54, 1.807) is 0 Å². The Morgan fingerprint density at radius 3 is 2.60 bits per heavy atom. The summed E-state index contributed by atoms with van der Waals surface area (Å²) in [6, 6.07) is 9.37. The Morgan fingerprint density at radius 2 is 2.00 bits per heavy atom. The fourth-order valence-corrected chi connectivity index (χ4v) is 3.05. The second-order valence-corrected chi connectivity index (χ2v) is 5.99. The normalized spacial score (nSPS) is 18.9. The van der Waals surface area contributed by atoms with Crippen LogP contribution >= 0.6 is 0 Å².